The maximum absolute atomic E-state index is 4.74. The van der Waals surface area contributed by atoms with Gasteiger partial charge >= 0.3 is 0 Å². The van der Waals surface area contributed by atoms with Crippen LogP contribution in [0, 0.1) is 0 Å². The van der Waals surface area contributed by atoms with E-state index < -0.39 is 0 Å². The summed E-state index contributed by atoms with van der Waals surface area (Å²) in [5.41, 5.74) is 1.03. The predicted molar refractivity (Wildman–Crippen MR) is 83.0 cm³/mol. The topological polar surface area (TPSA) is 44.3 Å². The van der Waals surface area contributed by atoms with E-state index in [2.05, 4.69) is 40.9 Å². The molecule has 0 amide bonds. The van der Waals surface area contributed by atoms with Crippen molar-refractivity contribution < 1.29 is 0 Å². The highest BCUT2D eigenvalue weighted by atomic mass is 15.3. The zero-order valence-corrected chi connectivity index (χ0v) is 13.0. The number of anilines is 1. The average Bonchev–Trinajstić information content (AvgIpc) is 2.48. The van der Waals surface area contributed by atoms with E-state index in [1.54, 1.807) is 0 Å². The van der Waals surface area contributed by atoms with Crippen LogP contribution in [-0.2, 0) is 6.54 Å². The van der Waals surface area contributed by atoms with E-state index in [-0.39, 0.29) is 0 Å². The van der Waals surface area contributed by atoms with E-state index in [1.807, 2.05) is 12.4 Å². The molecular weight excluding hydrogens is 250 g/mol. The Hall–Kier alpha value is -1.20. The van der Waals surface area contributed by atoms with Gasteiger partial charge in [0.15, 0.2) is 0 Å². The Kier molecular flexibility index (Phi) is 5.73. The van der Waals surface area contributed by atoms with E-state index in [0.717, 1.165) is 57.2 Å². The van der Waals surface area contributed by atoms with Gasteiger partial charge in [0.25, 0.3) is 0 Å². The minimum absolute atomic E-state index is 0.581. The molecule has 0 spiro atoms. The molecule has 1 fully saturated rings. The normalized spacial score (nSPS) is 20.4. The third-order valence-electron chi connectivity index (χ3n) is 3.90. The van der Waals surface area contributed by atoms with Gasteiger partial charge in [0.05, 0.1) is 11.9 Å². The molecular formula is C15H27N5. The third-order valence-corrected chi connectivity index (χ3v) is 3.90. The van der Waals surface area contributed by atoms with Crippen LogP contribution in [0.15, 0.2) is 12.4 Å². The first-order chi connectivity index (χ1) is 9.74. The largest absolute Gasteiger partial charge is 0.352 e. The van der Waals surface area contributed by atoms with Gasteiger partial charge in [-0.05, 0) is 26.4 Å². The predicted octanol–water partition coefficient (Wildman–Crippen LogP) is 1.51. The monoisotopic (exact) mass is 277 g/mol. The summed E-state index contributed by atoms with van der Waals surface area (Å²) in [5, 5.41) is 3.38. The van der Waals surface area contributed by atoms with Crippen molar-refractivity contribution in [3.05, 3.63) is 18.1 Å². The van der Waals surface area contributed by atoms with E-state index in [0.29, 0.717) is 6.04 Å². The van der Waals surface area contributed by atoms with Crippen LogP contribution in [0.5, 0.6) is 0 Å². The Morgan fingerprint density at radius 2 is 2.15 bits per heavy atom. The molecule has 2 heterocycles. The molecule has 2 rings (SSSR count). The van der Waals surface area contributed by atoms with E-state index in [9.17, 15) is 0 Å². The zero-order chi connectivity index (χ0) is 14.4. The van der Waals surface area contributed by atoms with Crippen molar-refractivity contribution in [1.82, 2.24) is 20.2 Å². The molecule has 20 heavy (non-hydrogen) atoms. The molecule has 1 aliphatic rings. The van der Waals surface area contributed by atoms with Gasteiger partial charge in [-0.15, -0.1) is 0 Å². The highest BCUT2D eigenvalue weighted by Crippen LogP contribution is 2.16. The van der Waals surface area contributed by atoms with Crippen LogP contribution >= 0.6 is 0 Å². The minimum Gasteiger partial charge on any atom is -0.352 e. The maximum atomic E-state index is 4.74. The van der Waals surface area contributed by atoms with Gasteiger partial charge in [0.1, 0.15) is 5.82 Å². The summed E-state index contributed by atoms with van der Waals surface area (Å²) in [6.07, 6.45) is 4.89. The lowest BCUT2D eigenvalue weighted by Crippen LogP contribution is -2.52. The second kappa shape index (κ2) is 7.55. The second-order valence-electron chi connectivity index (χ2n) is 5.47. The number of nitrogens with one attached hydrogen (secondary N) is 1. The van der Waals surface area contributed by atoms with Crippen molar-refractivity contribution in [2.75, 3.05) is 37.6 Å². The van der Waals surface area contributed by atoms with Gasteiger partial charge in [-0.25, -0.2) is 4.98 Å². The number of nitrogens with zero attached hydrogens (tertiary/aromatic N) is 4. The molecule has 1 aromatic rings. The van der Waals surface area contributed by atoms with Gasteiger partial charge in [-0.3, -0.25) is 9.88 Å². The molecule has 0 saturated carbocycles. The summed E-state index contributed by atoms with van der Waals surface area (Å²) < 4.78 is 0. The highest BCUT2D eigenvalue weighted by molar-refractivity contribution is 5.37. The molecule has 1 aliphatic heterocycles. The van der Waals surface area contributed by atoms with Crippen LogP contribution in [0.4, 0.5) is 5.82 Å². The van der Waals surface area contributed by atoms with Crippen molar-refractivity contribution >= 4 is 5.82 Å². The van der Waals surface area contributed by atoms with Crippen molar-refractivity contribution in [3.8, 4) is 0 Å². The van der Waals surface area contributed by atoms with Crippen molar-refractivity contribution in [2.24, 2.45) is 0 Å². The highest BCUT2D eigenvalue weighted by Gasteiger charge is 2.23. The molecule has 0 radical (unpaired) electrons. The van der Waals surface area contributed by atoms with Crippen LogP contribution in [0.3, 0.4) is 0 Å². The summed E-state index contributed by atoms with van der Waals surface area (Å²) in [7, 11) is 0. The lowest BCUT2D eigenvalue weighted by molar-refractivity contribution is 0.199. The second-order valence-corrected chi connectivity index (χ2v) is 5.47. The fourth-order valence-corrected chi connectivity index (χ4v) is 2.70. The molecule has 1 N–H and O–H groups in total. The smallest absolute Gasteiger partial charge is 0.147 e. The molecule has 112 valence electrons. The zero-order valence-electron chi connectivity index (χ0n) is 13.0. The number of hydrogen-bond donors (Lipinski definition) is 1. The van der Waals surface area contributed by atoms with Crippen LogP contribution in [0.25, 0.3) is 0 Å². The van der Waals surface area contributed by atoms with Crippen molar-refractivity contribution in [2.45, 2.75) is 39.8 Å². The SMILES string of the molecule is CCCNCc1cncc(N2CCN(CC)C(C)C2)n1. The summed E-state index contributed by atoms with van der Waals surface area (Å²) in [6.45, 7) is 12.8. The fourth-order valence-electron chi connectivity index (χ4n) is 2.70. The molecule has 0 aromatic carbocycles. The maximum Gasteiger partial charge on any atom is 0.147 e. The Labute approximate surface area is 122 Å². The first-order valence-electron chi connectivity index (χ1n) is 7.75. The molecule has 0 bridgehead atoms. The number of aromatic nitrogens is 2. The molecule has 0 aliphatic carbocycles. The summed E-state index contributed by atoms with van der Waals surface area (Å²) >= 11 is 0. The lowest BCUT2D eigenvalue weighted by Gasteiger charge is -2.39. The fraction of sp³-hybridized carbons (Fsp3) is 0.733. The van der Waals surface area contributed by atoms with Gasteiger partial charge in [0.2, 0.25) is 0 Å². The number of rotatable bonds is 6. The quantitative estimate of drug-likeness (QED) is 0.799. The van der Waals surface area contributed by atoms with E-state index in [1.165, 1.54) is 0 Å². The molecule has 1 aromatic heterocycles. The molecule has 5 nitrogen and oxygen atoms in total. The summed E-state index contributed by atoms with van der Waals surface area (Å²) in [6, 6.07) is 0.581. The number of piperazine rings is 1. The van der Waals surface area contributed by atoms with E-state index in [4.69, 9.17) is 4.98 Å². The van der Waals surface area contributed by atoms with Crippen molar-refractivity contribution in [3.63, 3.8) is 0 Å². The molecule has 1 unspecified atom stereocenters. The Bertz CT molecular complexity index is 409. The summed E-state index contributed by atoms with van der Waals surface area (Å²) in [5.74, 6) is 1.02. The number of likely N-dealkylation sites (N-methyl/N-ethyl adjacent to an activating group) is 1. The Balaban J connectivity index is 1.97. The van der Waals surface area contributed by atoms with Gasteiger partial charge in [-0.1, -0.05) is 13.8 Å². The standard InChI is InChI=1S/C15H27N5/c1-4-6-16-9-14-10-17-11-15(18-14)20-8-7-19(5-2)13(3)12-20/h10-11,13,16H,4-9,12H2,1-3H3. The Morgan fingerprint density at radius 1 is 1.30 bits per heavy atom. The van der Waals surface area contributed by atoms with E-state index >= 15 is 0 Å². The molecule has 1 atom stereocenters. The average molecular weight is 277 g/mol. The first-order valence-corrected chi connectivity index (χ1v) is 7.75. The minimum atomic E-state index is 0.581. The van der Waals surface area contributed by atoms with Crippen molar-refractivity contribution in [1.29, 1.82) is 0 Å². The van der Waals surface area contributed by atoms with Gasteiger partial charge < -0.3 is 10.2 Å². The lowest BCUT2D eigenvalue weighted by atomic mass is 10.2. The van der Waals surface area contributed by atoms with Crippen LogP contribution < -0.4 is 10.2 Å². The van der Waals surface area contributed by atoms with Gasteiger partial charge in [0, 0.05) is 38.4 Å². The number of hydrogen-bond acceptors (Lipinski definition) is 5. The first kappa shape index (κ1) is 15.2. The summed E-state index contributed by atoms with van der Waals surface area (Å²) in [4.78, 5) is 13.9. The van der Waals surface area contributed by atoms with Gasteiger partial charge in [-0.2, -0.15) is 0 Å². The molecule has 5 heteroatoms. The van der Waals surface area contributed by atoms with Crippen LogP contribution in [0.1, 0.15) is 32.9 Å². The third kappa shape index (κ3) is 3.90. The van der Waals surface area contributed by atoms with Crippen LogP contribution in [0.2, 0.25) is 0 Å². The molecule has 1 saturated heterocycles. The Morgan fingerprint density at radius 3 is 2.85 bits per heavy atom. The van der Waals surface area contributed by atoms with Crippen LogP contribution in [-0.4, -0.2) is 53.6 Å².